The molecule has 0 N–H and O–H groups in total. The molecule has 0 aliphatic carbocycles. The Kier molecular flexibility index (Phi) is 6.78. The predicted octanol–water partition coefficient (Wildman–Crippen LogP) is 1.35. The monoisotopic (exact) mass is 349 g/mol. The molecule has 1 saturated heterocycles. The minimum Gasteiger partial charge on any atom is -0.337 e. The van der Waals surface area contributed by atoms with Gasteiger partial charge in [0, 0.05) is 31.7 Å². The highest BCUT2D eigenvalue weighted by molar-refractivity contribution is 8.13. The van der Waals surface area contributed by atoms with Crippen molar-refractivity contribution in [3.05, 3.63) is 30.1 Å². The van der Waals surface area contributed by atoms with Crippen molar-refractivity contribution < 1.29 is 14.4 Å². The van der Waals surface area contributed by atoms with Gasteiger partial charge >= 0.3 is 0 Å². The number of likely N-dealkylation sites (N-methyl/N-ethyl adjacent to an activating group) is 1. The zero-order valence-electron chi connectivity index (χ0n) is 14.1. The smallest absolute Gasteiger partial charge is 0.245 e. The Labute approximate surface area is 146 Å². The molecule has 7 heteroatoms. The Bertz CT molecular complexity index is 582. The minimum absolute atomic E-state index is 0.0378. The van der Waals surface area contributed by atoms with Crippen molar-refractivity contribution in [2.24, 2.45) is 0 Å². The summed E-state index contributed by atoms with van der Waals surface area (Å²) in [6, 6.07) is 2.96. The number of aromatic nitrogens is 1. The van der Waals surface area contributed by atoms with Gasteiger partial charge in [-0.05, 0) is 43.9 Å². The van der Waals surface area contributed by atoms with Crippen molar-refractivity contribution in [3.8, 4) is 0 Å². The molecule has 0 bridgehead atoms. The standard InChI is InChI=1S/C17H23N3O3S/c1-13(19(2)12-21)16(22)20-10-3-4-15(20)17(23)24-11-7-14-5-8-18-9-6-14/h5-6,8-9,12-13,15H,3-4,7,10-11H2,1-2H3. The number of carbonyl (C=O) groups excluding carboxylic acids is 3. The number of hydrogen-bond acceptors (Lipinski definition) is 5. The zero-order chi connectivity index (χ0) is 17.5. The van der Waals surface area contributed by atoms with Gasteiger partial charge in [0.1, 0.15) is 12.1 Å². The Morgan fingerprint density at radius 1 is 1.46 bits per heavy atom. The number of amides is 2. The maximum absolute atomic E-state index is 12.5. The molecule has 6 nitrogen and oxygen atoms in total. The number of nitrogens with zero attached hydrogens (tertiary/aromatic N) is 3. The van der Waals surface area contributed by atoms with Crippen LogP contribution in [-0.2, 0) is 20.8 Å². The summed E-state index contributed by atoms with van der Waals surface area (Å²) in [5.41, 5.74) is 1.14. The van der Waals surface area contributed by atoms with Crippen LogP contribution >= 0.6 is 11.8 Å². The number of hydrogen-bond donors (Lipinski definition) is 0. The van der Waals surface area contributed by atoms with Gasteiger partial charge in [0.05, 0.1) is 0 Å². The fourth-order valence-corrected chi connectivity index (χ4v) is 3.67. The highest BCUT2D eigenvalue weighted by atomic mass is 32.2. The van der Waals surface area contributed by atoms with E-state index < -0.39 is 6.04 Å². The quantitative estimate of drug-likeness (QED) is 0.695. The molecule has 2 rings (SSSR count). The average Bonchev–Trinajstić information content (AvgIpc) is 3.10. The highest BCUT2D eigenvalue weighted by Gasteiger charge is 2.36. The van der Waals surface area contributed by atoms with E-state index in [1.807, 2.05) is 12.1 Å². The summed E-state index contributed by atoms with van der Waals surface area (Å²) in [5.74, 6) is 0.528. The number of rotatable bonds is 7. The van der Waals surface area contributed by atoms with Crippen molar-refractivity contribution in [1.29, 1.82) is 0 Å². The maximum atomic E-state index is 12.5. The second-order valence-corrected chi connectivity index (χ2v) is 7.01. The van der Waals surface area contributed by atoms with E-state index in [1.165, 1.54) is 16.7 Å². The Morgan fingerprint density at radius 3 is 2.83 bits per heavy atom. The number of likely N-dealkylation sites (tertiary alicyclic amines) is 1. The van der Waals surface area contributed by atoms with Crippen LogP contribution in [0.4, 0.5) is 0 Å². The lowest BCUT2D eigenvalue weighted by Gasteiger charge is -2.29. The van der Waals surface area contributed by atoms with Gasteiger partial charge in [-0.2, -0.15) is 0 Å². The van der Waals surface area contributed by atoms with E-state index in [2.05, 4.69) is 4.98 Å². The van der Waals surface area contributed by atoms with Crippen LogP contribution in [0.5, 0.6) is 0 Å². The van der Waals surface area contributed by atoms with Gasteiger partial charge in [0.15, 0.2) is 0 Å². The van der Waals surface area contributed by atoms with Crippen molar-refractivity contribution in [2.45, 2.75) is 38.3 Å². The number of thioether (sulfide) groups is 1. The fraction of sp³-hybridized carbons (Fsp3) is 0.529. The van der Waals surface area contributed by atoms with Crippen molar-refractivity contribution >= 4 is 29.2 Å². The van der Waals surface area contributed by atoms with Crippen molar-refractivity contribution in [3.63, 3.8) is 0 Å². The lowest BCUT2D eigenvalue weighted by atomic mass is 10.2. The second kappa shape index (κ2) is 8.82. The third kappa shape index (κ3) is 4.56. The molecule has 2 heterocycles. The van der Waals surface area contributed by atoms with Gasteiger partial charge in [-0.3, -0.25) is 19.4 Å². The summed E-state index contributed by atoms with van der Waals surface area (Å²) in [6.45, 7) is 2.27. The van der Waals surface area contributed by atoms with Gasteiger partial charge in [-0.25, -0.2) is 0 Å². The van der Waals surface area contributed by atoms with E-state index in [-0.39, 0.29) is 17.1 Å². The van der Waals surface area contributed by atoms with Crippen LogP contribution in [0.25, 0.3) is 0 Å². The van der Waals surface area contributed by atoms with E-state index >= 15 is 0 Å². The Balaban J connectivity index is 1.88. The third-order valence-corrected chi connectivity index (χ3v) is 5.29. The van der Waals surface area contributed by atoms with E-state index in [0.29, 0.717) is 25.1 Å². The van der Waals surface area contributed by atoms with Gasteiger partial charge in [-0.1, -0.05) is 11.8 Å². The molecule has 1 fully saturated rings. The van der Waals surface area contributed by atoms with Gasteiger partial charge in [0.25, 0.3) is 0 Å². The number of carbonyl (C=O) groups is 3. The molecule has 1 aromatic rings. The third-order valence-electron chi connectivity index (χ3n) is 4.33. The Morgan fingerprint density at radius 2 is 2.17 bits per heavy atom. The predicted molar refractivity (Wildman–Crippen MR) is 93.4 cm³/mol. The molecule has 1 aliphatic rings. The highest BCUT2D eigenvalue weighted by Crippen LogP contribution is 2.24. The van der Waals surface area contributed by atoms with Gasteiger partial charge in [0.2, 0.25) is 17.4 Å². The van der Waals surface area contributed by atoms with Crippen LogP contribution in [0.1, 0.15) is 25.3 Å². The fourth-order valence-electron chi connectivity index (χ4n) is 2.70. The second-order valence-electron chi connectivity index (χ2n) is 5.91. The van der Waals surface area contributed by atoms with Crippen LogP contribution < -0.4 is 0 Å². The first-order chi connectivity index (χ1) is 11.5. The van der Waals surface area contributed by atoms with Gasteiger partial charge in [-0.15, -0.1) is 0 Å². The normalized spacial score (nSPS) is 18.2. The molecule has 0 aromatic carbocycles. The van der Waals surface area contributed by atoms with E-state index in [0.717, 1.165) is 18.4 Å². The number of pyridine rings is 1. The summed E-state index contributed by atoms with van der Waals surface area (Å²) in [6.07, 6.45) is 6.44. The lowest BCUT2D eigenvalue weighted by Crippen LogP contribution is -2.48. The molecule has 2 atom stereocenters. The molecule has 2 amide bonds. The van der Waals surface area contributed by atoms with Crippen molar-refractivity contribution in [1.82, 2.24) is 14.8 Å². The summed E-state index contributed by atoms with van der Waals surface area (Å²) < 4.78 is 0. The molecule has 24 heavy (non-hydrogen) atoms. The van der Waals surface area contributed by atoms with Crippen LogP contribution in [0, 0.1) is 0 Å². The maximum Gasteiger partial charge on any atom is 0.245 e. The average molecular weight is 349 g/mol. The molecular weight excluding hydrogens is 326 g/mol. The molecule has 130 valence electrons. The molecule has 2 unspecified atom stereocenters. The SMILES string of the molecule is CC(C(=O)N1CCCC1C(=O)SCCc1ccncc1)N(C)C=O. The minimum atomic E-state index is -0.544. The Hall–Kier alpha value is -1.89. The molecule has 0 radical (unpaired) electrons. The molecule has 0 saturated carbocycles. The summed E-state index contributed by atoms with van der Waals surface area (Å²) in [7, 11) is 1.58. The molecule has 0 spiro atoms. The van der Waals surface area contributed by atoms with E-state index in [1.54, 1.807) is 31.3 Å². The van der Waals surface area contributed by atoms with Crippen LogP contribution in [0.15, 0.2) is 24.5 Å². The lowest BCUT2D eigenvalue weighted by molar-refractivity contribution is -0.141. The molecular formula is C17H23N3O3S. The summed E-state index contributed by atoms with van der Waals surface area (Å²) in [5, 5.41) is 0.0378. The first-order valence-electron chi connectivity index (χ1n) is 8.08. The van der Waals surface area contributed by atoms with E-state index in [9.17, 15) is 14.4 Å². The van der Waals surface area contributed by atoms with Crippen molar-refractivity contribution in [2.75, 3.05) is 19.3 Å². The summed E-state index contributed by atoms with van der Waals surface area (Å²) >= 11 is 1.28. The zero-order valence-corrected chi connectivity index (χ0v) is 14.9. The topological polar surface area (TPSA) is 70.6 Å². The molecule has 1 aromatic heterocycles. The van der Waals surface area contributed by atoms with Crippen LogP contribution in [-0.4, -0.2) is 63.6 Å². The number of aryl methyl sites for hydroxylation is 1. The first kappa shape index (κ1) is 18.4. The van der Waals surface area contributed by atoms with Crippen LogP contribution in [0.2, 0.25) is 0 Å². The first-order valence-corrected chi connectivity index (χ1v) is 9.06. The van der Waals surface area contributed by atoms with Crippen LogP contribution in [0.3, 0.4) is 0 Å². The summed E-state index contributed by atoms with van der Waals surface area (Å²) in [4.78, 5) is 42.8. The van der Waals surface area contributed by atoms with Gasteiger partial charge < -0.3 is 9.80 Å². The largest absolute Gasteiger partial charge is 0.337 e. The van der Waals surface area contributed by atoms with E-state index in [4.69, 9.17) is 0 Å². The molecule has 1 aliphatic heterocycles.